The number of hydrogen-bond donors (Lipinski definition) is 2. The highest BCUT2D eigenvalue weighted by atomic mass is 16.7. The molecule has 0 aliphatic carbocycles. The quantitative estimate of drug-likeness (QED) is 0.304. The molecular weight excluding hydrogens is 777 g/mol. The number of nitrogens with zero attached hydrogens (tertiary/aromatic N) is 6. The van der Waals surface area contributed by atoms with Gasteiger partial charge in [0.25, 0.3) is 5.91 Å². The van der Waals surface area contributed by atoms with Crippen LogP contribution in [0, 0.1) is 23.7 Å². The Morgan fingerprint density at radius 3 is 2.45 bits per heavy atom. The third kappa shape index (κ3) is 9.57. The predicted octanol–water partition coefficient (Wildman–Crippen LogP) is 3.11. The van der Waals surface area contributed by atoms with Crippen LogP contribution in [0.3, 0.4) is 0 Å². The summed E-state index contributed by atoms with van der Waals surface area (Å²) in [6.07, 6.45) is 0.604. The summed E-state index contributed by atoms with van der Waals surface area (Å²) in [5, 5.41) is 28.5. The summed E-state index contributed by atoms with van der Waals surface area (Å²) < 4.78 is 34.2. The van der Waals surface area contributed by atoms with Crippen molar-refractivity contribution in [3.8, 4) is 5.82 Å². The van der Waals surface area contributed by atoms with Gasteiger partial charge in [-0.3, -0.25) is 19.0 Å². The van der Waals surface area contributed by atoms with Crippen LogP contribution in [0.1, 0.15) is 80.2 Å². The number of hydrogen-bond acceptors (Lipinski definition) is 15. The summed E-state index contributed by atoms with van der Waals surface area (Å²) in [6, 6.07) is 3.33. The van der Waals surface area contributed by atoms with Gasteiger partial charge in [0.1, 0.15) is 41.6 Å². The van der Waals surface area contributed by atoms with Crippen molar-refractivity contribution >= 4 is 29.1 Å². The fourth-order valence-electron chi connectivity index (χ4n) is 9.23. The van der Waals surface area contributed by atoms with Crippen LogP contribution in [0.15, 0.2) is 47.2 Å². The maximum absolute atomic E-state index is 14.5. The molecule has 3 saturated heterocycles. The maximum Gasteiger partial charge on any atom is 0.316 e. The second kappa shape index (κ2) is 18.6. The molecule has 2 aromatic heterocycles. The third-order valence-electron chi connectivity index (χ3n) is 12.7. The highest BCUT2D eigenvalue weighted by Gasteiger charge is 2.53. The lowest BCUT2D eigenvalue weighted by Gasteiger charge is -2.47. The summed E-state index contributed by atoms with van der Waals surface area (Å²) in [4.78, 5) is 64.1. The molecule has 17 heteroatoms. The van der Waals surface area contributed by atoms with Gasteiger partial charge in [0, 0.05) is 48.6 Å². The number of pyridine rings is 1. The Labute approximate surface area is 351 Å². The van der Waals surface area contributed by atoms with Crippen LogP contribution < -0.4 is 0 Å². The maximum atomic E-state index is 14.5. The van der Waals surface area contributed by atoms with Crippen LogP contribution in [0.5, 0.6) is 0 Å². The van der Waals surface area contributed by atoms with E-state index in [1.165, 1.54) is 13.8 Å². The van der Waals surface area contributed by atoms with E-state index in [9.17, 15) is 24.6 Å². The number of amides is 1. The number of likely N-dealkylation sites (N-methyl/N-ethyl adjacent to an activating group) is 1. The third-order valence-corrected chi connectivity index (χ3v) is 12.7. The summed E-state index contributed by atoms with van der Waals surface area (Å²) in [5.41, 5.74) is -1.92. The second-order valence-corrected chi connectivity index (χ2v) is 17.7. The van der Waals surface area contributed by atoms with E-state index in [4.69, 9.17) is 33.5 Å². The molecule has 17 nitrogen and oxygen atoms in total. The van der Waals surface area contributed by atoms with Crippen molar-refractivity contribution in [2.45, 2.75) is 141 Å². The lowest BCUT2D eigenvalue weighted by atomic mass is 9.73. The molecule has 6 heterocycles. The van der Waals surface area contributed by atoms with Gasteiger partial charge in [0.05, 0.1) is 37.1 Å². The number of carbonyl (C=O) groups excluding carboxylic acids is 3. The van der Waals surface area contributed by atoms with Crippen molar-refractivity contribution in [1.82, 2.24) is 19.4 Å². The molecular formula is C43H62N6O11. The number of cyclic esters (lactones) is 1. The Morgan fingerprint density at radius 1 is 1.05 bits per heavy atom. The first kappa shape index (κ1) is 45.6. The number of aliphatic hydroxyl groups excluding tert-OH is 1. The topological polar surface area (TPSA) is 206 Å². The van der Waals surface area contributed by atoms with E-state index >= 15 is 0 Å². The number of ether oxygens (including phenoxy) is 5. The number of aromatic nitrogens is 3. The number of ketones is 1. The molecule has 0 aromatic carbocycles. The molecule has 0 spiro atoms. The average Bonchev–Trinajstić information content (AvgIpc) is 3.74. The molecule has 4 aliphatic rings. The first-order valence-electron chi connectivity index (χ1n) is 21.0. The van der Waals surface area contributed by atoms with Gasteiger partial charge in [-0.2, -0.15) is 0 Å². The van der Waals surface area contributed by atoms with Crippen molar-refractivity contribution in [3.05, 3.63) is 42.6 Å². The number of esters is 1. The normalized spacial score (nSPS) is 39.5. The molecule has 3 fully saturated rings. The standard InChI is InChI=1S/C43H62N6O11/c1-11-32-43(8,54)38-25(4)34-23(2)18-42(7,37(26(5)35(50)27(6)40(53)58-32)59-41-36(51)30(48(9)10)16-24(3)57-41)56-21-29(20-55-38)47-60-31(39(52)46-34)17-28-12-13-33(45-19-28)49-15-14-44-22-49/h12-15,19,22-27,30-32,36-38,41,51,54H,11,16-18,20-21H2,1-10H3/b46-34?,47-29+/t23-,24-,25-,26+,27-,30+,31?,32-,36-,37-,38+,41+,42-,43-/m1/s1. The highest BCUT2D eigenvalue weighted by molar-refractivity contribution is 6.01. The van der Waals surface area contributed by atoms with Crippen molar-refractivity contribution in [1.29, 1.82) is 0 Å². The fraction of sp³-hybridized carbons (Fsp3) is 0.698. The monoisotopic (exact) mass is 838 g/mol. The minimum absolute atomic E-state index is 0.0879. The van der Waals surface area contributed by atoms with E-state index in [1.807, 2.05) is 51.9 Å². The Kier molecular flexibility index (Phi) is 14.1. The number of oxime groups is 1. The highest BCUT2D eigenvalue weighted by Crippen LogP contribution is 2.40. The van der Waals surface area contributed by atoms with Crippen LogP contribution >= 0.6 is 0 Å². The number of aliphatic hydroxyl groups is 2. The molecule has 1 amide bonds. The van der Waals surface area contributed by atoms with Gasteiger partial charge < -0.3 is 43.6 Å². The number of aliphatic imine (C=N–C) groups is 1. The molecule has 6 rings (SSSR count). The zero-order valence-corrected chi connectivity index (χ0v) is 36.4. The Bertz CT molecular complexity index is 1890. The average molecular weight is 839 g/mol. The molecule has 2 aromatic rings. The van der Waals surface area contributed by atoms with Crippen molar-refractivity contribution < 1.29 is 53.1 Å². The summed E-state index contributed by atoms with van der Waals surface area (Å²) in [6.45, 7) is 13.4. The molecule has 0 radical (unpaired) electrons. The van der Waals surface area contributed by atoms with E-state index in [-0.39, 0.29) is 50.3 Å². The van der Waals surface area contributed by atoms with Crippen LogP contribution in [-0.2, 0) is 49.3 Å². The Balaban J connectivity index is 1.47. The molecule has 60 heavy (non-hydrogen) atoms. The molecule has 330 valence electrons. The summed E-state index contributed by atoms with van der Waals surface area (Å²) in [5.74, 6) is -4.86. The first-order valence-corrected chi connectivity index (χ1v) is 21.0. The molecule has 2 N–H and O–H groups in total. The van der Waals surface area contributed by atoms with Gasteiger partial charge in [0.15, 0.2) is 12.1 Å². The van der Waals surface area contributed by atoms with Crippen LogP contribution in [0.25, 0.3) is 5.82 Å². The van der Waals surface area contributed by atoms with Crippen LogP contribution in [0.4, 0.5) is 0 Å². The number of fused-ring (bicyclic) bond motifs is 4. The largest absolute Gasteiger partial charge is 0.459 e. The van der Waals surface area contributed by atoms with Gasteiger partial charge in [-0.1, -0.05) is 38.9 Å². The number of imidazole rings is 1. The lowest BCUT2D eigenvalue weighted by Crippen LogP contribution is -2.60. The lowest BCUT2D eigenvalue weighted by molar-refractivity contribution is -0.296. The Morgan fingerprint density at radius 2 is 1.80 bits per heavy atom. The molecule has 4 aliphatic heterocycles. The molecule has 4 bridgehead atoms. The molecule has 1 unspecified atom stereocenters. The van der Waals surface area contributed by atoms with E-state index in [2.05, 4.69) is 15.1 Å². The number of rotatable bonds is 7. The minimum atomic E-state index is -1.84. The zero-order valence-electron chi connectivity index (χ0n) is 36.4. The fourth-order valence-corrected chi connectivity index (χ4v) is 9.23. The van der Waals surface area contributed by atoms with Gasteiger partial charge >= 0.3 is 5.97 Å². The molecule has 14 atom stereocenters. The molecule has 0 saturated carbocycles. The van der Waals surface area contributed by atoms with Crippen LogP contribution in [0.2, 0.25) is 0 Å². The van der Waals surface area contributed by atoms with E-state index in [1.54, 1.807) is 50.3 Å². The van der Waals surface area contributed by atoms with Gasteiger partial charge in [-0.15, -0.1) is 0 Å². The summed E-state index contributed by atoms with van der Waals surface area (Å²) >= 11 is 0. The van der Waals surface area contributed by atoms with E-state index < -0.39 is 89.3 Å². The number of carbonyl (C=O) groups is 3. The first-order chi connectivity index (χ1) is 28.3. The second-order valence-electron chi connectivity index (χ2n) is 17.7. The summed E-state index contributed by atoms with van der Waals surface area (Å²) in [7, 11) is 3.74. The van der Waals surface area contributed by atoms with Crippen molar-refractivity contribution in [2.24, 2.45) is 33.8 Å². The van der Waals surface area contributed by atoms with Crippen LogP contribution in [-0.4, -0.2) is 146 Å². The van der Waals surface area contributed by atoms with Crippen molar-refractivity contribution in [3.63, 3.8) is 0 Å². The van der Waals surface area contributed by atoms with Crippen molar-refractivity contribution in [2.75, 3.05) is 27.3 Å². The van der Waals surface area contributed by atoms with Gasteiger partial charge in [0.2, 0.25) is 6.10 Å². The van der Waals surface area contributed by atoms with Gasteiger partial charge in [-0.05, 0) is 78.6 Å². The smallest absolute Gasteiger partial charge is 0.316 e. The van der Waals surface area contributed by atoms with Gasteiger partial charge in [-0.25, -0.2) is 15.0 Å². The SMILES string of the molecule is CC[C@H]1OC(=O)[C@H](C)C(=O)[C@H](C)[C@@H](O[C@@H]2O[C@H](C)C[C@H](N(C)C)[C@H]2O)[C@@]2(C)C[C@@H](C)C3=NC(=O)C(Cc4ccc(-n5ccnc5)nc4)O/N=C(\CO[C@@H]([C@@H]3C)[C@]1(C)O)CO2. The Hall–Kier alpha value is -3.97. The minimum Gasteiger partial charge on any atom is -0.459 e. The van der Waals surface area contributed by atoms with E-state index in [0.29, 0.717) is 23.5 Å². The zero-order chi connectivity index (χ0) is 43.7. The van der Waals surface area contributed by atoms with E-state index in [0.717, 1.165) is 0 Å². The number of Topliss-reactive ketones (excluding diaryl/α,β-unsaturated/α-hetero) is 1. The predicted molar refractivity (Wildman–Crippen MR) is 218 cm³/mol.